The molecule has 4 N–H and O–H groups in total. The van der Waals surface area contributed by atoms with Gasteiger partial charge in [-0.15, -0.1) is 0 Å². The molecule has 0 unspecified atom stereocenters. The van der Waals surface area contributed by atoms with Crippen LogP contribution in [0.3, 0.4) is 0 Å². The van der Waals surface area contributed by atoms with E-state index in [4.69, 9.17) is 20.9 Å². The summed E-state index contributed by atoms with van der Waals surface area (Å²) < 4.78 is 11.4. The smallest absolute Gasteiger partial charge is 0.165 e. The van der Waals surface area contributed by atoms with Crippen molar-refractivity contribution < 1.29 is 9.47 Å². The summed E-state index contributed by atoms with van der Waals surface area (Å²) in [5, 5.41) is 0. The fraction of sp³-hybridized carbons (Fsp3) is 0.625. The molecule has 1 aromatic carbocycles. The number of methoxy groups -OCH3 is 1. The zero-order valence-electron chi connectivity index (χ0n) is 12.9. The van der Waals surface area contributed by atoms with Crippen LogP contribution in [0.25, 0.3) is 0 Å². The molecule has 0 saturated carbocycles. The normalized spacial score (nSPS) is 15.4. The Morgan fingerprint density at radius 1 is 1.14 bits per heavy atom. The minimum absolute atomic E-state index is 0.418. The number of rotatable bonds is 8. The summed E-state index contributed by atoms with van der Waals surface area (Å²) in [6.07, 6.45) is 3.67. The molecule has 2 rings (SSSR count). The lowest BCUT2D eigenvalue weighted by Gasteiger charge is -2.17. The van der Waals surface area contributed by atoms with Crippen molar-refractivity contribution in [2.24, 2.45) is 11.5 Å². The number of nitrogens with zero attached hydrogens (tertiary/aromatic N) is 1. The van der Waals surface area contributed by atoms with Crippen LogP contribution in [0.2, 0.25) is 0 Å². The molecule has 0 aliphatic carbocycles. The minimum Gasteiger partial charge on any atom is -0.493 e. The third-order valence-electron chi connectivity index (χ3n) is 3.93. The van der Waals surface area contributed by atoms with Crippen LogP contribution in [0.15, 0.2) is 12.1 Å². The van der Waals surface area contributed by atoms with E-state index in [9.17, 15) is 0 Å². The third kappa shape index (κ3) is 4.33. The number of nitrogens with two attached hydrogens (primary N) is 2. The molecule has 21 heavy (non-hydrogen) atoms. The molecule has 1 aliphatic rings. The molecule has 0 spiro atoms. The van der Waals surface area contributed by atoms with Crippen LogP contribution >= 0.6 is 0 Å². The van der Waals surface area contributed by atoms with E-state index < -0.39 is 0 Å². The Kier molecular flexibility index (Phi) is 6.29. The molecule has 1 heterocycles. The molecule has 0 radical (unpaired) electrons. The summed E-state index contributed by atoms with van der Waals surface area (Å²) in [5.74, 6) is 1.48. The van der Waals surface area contributed by atoms with E-state index in [2.05, 4.69) is 4.90 Å². The maximum Gasteiger partial charge on any atom is 0.165 e. The molecule has 1 aliphatic heterocycles. The van der Waals surface area contributed by atoms with E-state index in [0.717, 1.165) is 35.6 Å². The number of likely N-dealkylation sites (tertiary alicyclic amines) is 1. The Morgan fingerprint density at radius 3 is 2.52 bits per heavy atom. The summed E-state index contributed by atoms with van der Waals surface area (Å²) >= 11 is 0. The van der Waals surface area contributed by atoms with Crippen molar-refractivity contribution in [1.29, 1.82) is 0 Å². The Labute approximate surface area is 127 Å². The van der Waals surface area contributed by atoms with Crippen LogP contribution < -0.4 is 20.9 Å². The molecule has 0 amide bonds. The van der Waals surface area contributed by atoms with Gasteiger partial charge in [0, 0.05) is 25.2 Å². The van der Waals surface area contributed by atoms with Gasteiger partial charge in [-0.1, -0.05) is 0 Å². The maximum atomic E-state index is 5.91. The van der Waals surface area contributed by atoms with E-state index in [-0.39, 0.29) is 0 Å². The average molecular weight is 293 g/mol. The molecule has 5 nitrogen and oxygen atoms in total. The zero-order valence-corrected chi connectivity index (χ0v) is 12.9. The Balaban J connectivity index is 1.93. The molecule has 1 saturated heterocycles. The lowest BCUT2D eigenvalue weighted by Crippen LogP contribution is -2.22. The van der Waals surface area contributed by atoms with Crippen molar-refractivity contribution in [3.8, 4) is 11.5 Å². The Morgan fingerprint density at radius 2 is 1.90 bits per heavy atom. The predicted molar refractivity (Wildman–Crippen MR) is 84.6 cm³/mol. The van der Waals surface area contributed by atoms with E-state index >= 15 is 0 Å². The zero-order chi connectivity index (χ0) is 15.1. The van der Waals surface area contributed by atoms with E-state index in [1.165, 1.54) is 25.9 Å². The fourth-order valence-corrected chi connectivity index (χ4v) is 2.81. The van der Waals surface area contributed by atoms with Gasteiger partial charge in [-0.25, -0.2) is 0 Å². The van der Waals surface area contributed by atoms with E-state index in [1.807, 2.05) is 12.1 Å². The maximum absolute atomic E-state index is 5.91. The fourth-order valence-electron chi connectivity index (χ4n) is 2.81. The minimum atomic E-state index is 0.418. The van der Waals surface area contributed by atoms with Gasteiger partial charge in [0.25, 0.3) is 0 Å². The van der Waals surface area contributed by atoms with Gasteiger partial charge in [-0.05, 0) is 50.0 Å². The number of hydrogen-bond donors (Lipinski definition) is 2. The lowest BCUT2D eigenvalue weighted by atomic mass is 10.1. The average Bonchev–Trinajstić information content (AvgIpc) is 3.03. The molecule has 1 aromatic rings. The Bertz CT molecular complexity index is 445. The van der Waals surface area contributed by atoms with Gasteiger partial charge >= 0.3 is 0 Å². The Hall–Kier alpha value is -1.30. The monoisotopic (exact) mass is 293 g/mol. The first-order chi connectivity index (χ1) is 10.3. The van der Waals surface area contributed by atoms with Crippen molar-refractivity contribution in [2.45, 2.75) is 32.4 Å². The topological polar surface area (TPSA) is 73.7 Å². The number of benzene rings is 1. The van der Waals surface area contributed by atoms with Gasteiger partial charge in [-0.2, -0.15) is 0 Å². The molecular formula is C16H27N3O2. The first-order valence-corrected chi connectivity index (χ1v) is 7.73. The largest absolute Gasteiger partial charge is 0.493 e. The van der Waals surface area contributed by atoms with Crippen LogP contribution in [0.1, 0.15) is 30.4 Å². The van der Waals surface area contributed by atoms with Crippen LogP contribution in [0, 0.1) is 0 Å². The van der Waals surface area contributed by atoms with Crippen LogP contribution in [0.5, 0.6) is 11.5 Å². The van der Waals surface area contributed by atoms with Gasteiger partial charge in [0.1, 0.15) is 0 Å². The molecule has 5 heteroatoms. The van der Waals surface area contributed by atoms with E-state index in [1.54, 1.807) is 7.11 Å². The highest BCUT2D eigenvalue weighted by Crippen LogP contribution is 2.32. The highest BCUT2D eigenvalue weighted by molar-refractivity contribution is 5.49. The van der Waals surface area contributed by atoms with E-state index in [0.29, 0.717) is 19.7 Å². The van der Waals surface area contributed by atoms with Gasteiger partial charge in [-0.3, -0.25) is 0 Å². The molecule has 118 valence electrons. The summed E-state index contributed by atoms with van der Waals surface area (Å²) in [7, 11) is 1.65. The predicted octanol–water partition coefficient (Wildman–Crippen LogP) is 1.48. The van der Waals surface area contributed by atoms with Crippen molar-refractivity contribution in [3.63, 3.8) is 0 Å². The summed E-state index contributed by atoms with van der Waals surface area (Å²) in [5.41, 5.74) is 13.5. The SMILES string of the molecule is COc1c(CN)cc(CN)cc1OCCCN1CCCC1. The standard InChI is InChI=1S/C16H27N3O2/c1-20-16-14(12-18)9-13(11-17)10-15(16)21-8-4-7-19-5-2-3-6-19/h9-10H,2-8,11-12,17-18H2,1H3. The van der Waals surface area contributed by atoms with Crippen LogP contribution in [-0.2, 0) is 13.1 Å². The second-order valence-corrected chi connectivity index (χ2v) is 5.45. The molecule has 0 aromatic heterocycles. The van der Waals surface area contributed by atoms with Gasteiger partial charge in [0.2, 0.25) is 0 Å². The molecule has 1 fully saturated rings. The van der Waals surface area contributed by atoms with Crippen molar-refractivity contribution in [3.05, 3.63) is 23.3 Å². The second kappa shape index (κ2) is 8.22. The van der Waals surface area contributed by atoms with Crippen LogP contribution in [0.4, 0.5) is 0 Å². The molecule has 0 atom stereocenters. The van der Waals surface area contributed by atoms with Crippen molar-refractivity contribution >= 4 is 0 Å². The first-order valence-electron chi connectivity index (χ1n) is 7.73. The first kappa shape index (κ1) is 16.1. The van der Waals surface area contributed by atoms with Crippen LogP contribution in [-0.4, -0.2) is 38.3 Å². The summed E-state index contributed by atoms with van der Waals surface area (Å²) in [6, 6.07) is 3.93. The van der Waals surface area contributed by atoms with Crippen molar-refractivity contribution in [1.82, 2.24) is 4.90 Å². The third-order valence-corrected chi connectivity index (χ3v) is 3.93. The van der Waals surface area contributed by atoms with Gasteiger partial charge in [0.15, 0.2) is 11.5 Å². The summed E-state index contributed by atoms with van der Waals surface area (Å²) in [4.78, 5) is 2.49. The second-order valence-electron chi connectivity index (χ2n) is 5.45. The van der Waals surface area contributed by atoms with Crippen molar-refractivity contribution in [2.75, 3.05) is 33.4 Å². The highest BCUT2D eigenvalue weighted by atomic mass is 16.5. The molecular weight excluding hydrogens is 266 g/mol. The van der Waals surface area contributed by atoms with Gasteiger partial charge < -0.3 is 25.8 Å². The number of ether oxygens (including phenoxy) is 2. The highest BCUT2D eigenvalue weighted by Gasteiger charge is 2.13. The molecule has 0 bridgehead atoms. The number of hydrogen-bond acceptors (Lipinski definition) is 5. The summed E-state index contributed by atoms with van der Waals surface area (Å²) in [6.45, 7) is 5.13. The quantitative estimate of drug-likeness (QED) is 0.710. The van der Waals surface area contributed by atoms with Gasteiger partial charge in [0.05, 0.1) is 13.7 Å². The lowest BCUT2D eigenvalue weighted by molar-refractivity contribution is 0.253.